The normalized spacial score (nSPS) is 15.4. The Bertz CT molecular complexity index is 246. The van der Waals surface area contributed by atoms with E-state index in [0.29, 0.717) is 0 Å². The smallest absolute Gasteiger partial charge is 0.0947 e. The highest BCUT2D eigenvalue weighted by Crippen LogP contribution is 2.14. The molecule has 0 saturated heterocycles. The highest BCUT2D eigenvalue weighted by Gasteiger charge is 2.20. The van der Waals surface area contributed by atoms with Gasteiger partial charge in [0.25, 0.3) is 0 Å². The Labute approximate surface area is 85.1 Å². The maximum absolute atomic E-state index is 8.93. The summed E-state index contributed by atoms with van der Waals surface area (Å²) < 4.78 is 4.98. The van der Waals surface area contributed by atoms with Gasteiger partial charge in [0.1, 0.15) is 0 Å². The number of aliphatic hydroxyl groups excluding tert-OH is 1. The molecular weight excluding hydrogens is 178 g/mol. The van der Waals surface area contributed by atoms with Crippen molar-refractivity contribution in [1.29, 1.82) is 0 Å². The van der Waals surface area contributed by atoms with E-state index in [1.807, 2.05) is 6.07 Å². The summed E-state index contributed by atoms with van der Waals surface area (Å²) in [7, 11) is 0. The number of rotatable bonds is 6. The molecule has 2 N–H and O–H groups in total. The van der Waals surface area contributed by atoms with Gasteiger partial charge in [0, 0.05) is 24.3 Å². The zero-order chi connectivity index (χ0) is 10.4. The number of hydrogen-bond acceptors (Lipinski definition) is 3. The Balaban J connectivity index is 2.41. The molecule has 1 heterocycles. The van der Waals surface area contributed by atoms with Crippen LogP contribution in [0.25, 0.3) is 0 Å². The van der Waals surface area contributed by atoms with Gasteiger partial charge >= 0.3 is 0 Å². The second-order valence-corrected chi connectivity index (χ2v) is 3.87. The Morgan fingerprint density at radius 1 is 1.57 bits per heavy atom. The van der Waals surface area contributed by atoms with E-state index in [2.05, 4.69) is 19.2 Å². The maximum atomic E-state index is 8.93. The summed E-state index contributed by atoms with van der Waals surface area (Å²) in [6.07, 6.45) is 5.20. The standard InChI is InChI=1S/C11H19NO2/c1-3-11(2,5-6-13)12-8-10-4-7-14-9-10/h4,7,9,12-13H,3,5-6,8H2,1-2H3. The lowest BCUT2D eigenvalue weighted by atomic mass is 9.95. The van der Waals surface area contributed by atoms with Gasteiger partial charge in [0.05, 0.1) is 12.5 Å². The molecule has 1 aromatic heterocycles. The number of nitrogens with one attached hydrogen (secondary N) is 1. The fraction of sp³-hybridized carbons (Fsp3) is 0.636. The summed E-state index contributed by atoms with van der Waals surface area (Å²) in [5.74, 6) is 0. The molecule has 0 aliphatic rings. The fourth-order valence-corrected chi connectivity index (χ4v) is 1.35. The molecule has 0 aliphatic heterocycles. The second-order valence-electron chi connectivity index (χ2n) is 3.87. The quantitative estimate of drug-likeness (QED) is 0.732. The molecule has 80 valence electrons. The molecule has 14 heavy (non-hydrogen) atoms. The van der Waals surface area contributed by atoms with Gasteiger partial charge in [-0.3, -0.25) is 0 Å². The average Bonchev–Trinajstić information content (AvgIpc) is 2.68. The first-order chi connectivity index (χ1) is 6.70. The molecule has 3 heteroatoms. The minimum absolute atomic E-state index is 0.0199. The zero-order valence-electron chi connectivity index (χ0n) is 8.92. The van der Waals surface area contributed by atoms with E-state index in [1.54, 1.807) is 12.5 Å². The van der Waals surface area contributed by atoms with E-state index in [4.69, 9.17) is 9.52 Å². The van der Waals surface area contributed by atoms with Gasteiger partial charge in [-0.25, -0.2) is 0 Å². The van der Waals surface area contributed by atoms with Crippen molar-refractivity contribution >= 4 is 0 Å². The first-order valence-corrected chi connectivity index (χ1v) is 5.07. The minimum atomic E-state index is 0.0199. The van der Waals surface area contributed by atoms with Crippen molar-refractivity contribution in [3.63, 3.8) is 0 Å². The molecule has 0 spiro atoms. The summed E-state index contributed by atoms with van der Waals surface area (Å²) in [6, 6.07) is 1.95. The third-order valence-corrected chi connectivity index (χ3v) is 2.74. The molecule has 0 bridgehead atoms. The van der Waals surface area contributed by atoms with Crippen molar-refractivity contribution in [2.45, 2.75) is 38.8 Å². The van der Waals surface area contributed by atoms with Crippen LogP contribution >= 0.6 is 0 Å². The van der Waals surface area contributed by atoms with Crippen molar-refractivity contribution in [1.82, 2.24) is 5.32 Å². The number of aliphatic hydroxyl groups is 1. The lowest BCUT2D eigenvalue weighted by Gasteiger charge is -2.28. The minimum Gasteiger partial charge on any atom is -0.472 e. The van der Waals surface area contributed by atoms with E-state index in [-0.39, 0.29) is 12.1 Å². The van der Waals surface area contributed by atoms with Gasteiger partial charge in [0.2, 0.25) is 0 Å². The van der Waals surface area contributed by atoms with Crippen molar-refractivity contribution in [3.8, 4) is 0 Å². The first kappa shape index (κ1) is 11.3. The highest BCUT2D eigenvalue weighted by molar-refractivity contribution is 5.05. The summed E-state index contributed by atoms with van der Waals surface area (Å²) in [6.45, 7) is 5.27. The monoisotopic (exact) mass is 197 g/mol. The van der Waals surface area contributed by atoms with E-state index in [1.165, 1.54) is 0 Å². The summed E-state index contributed by atoms with van der Waals surface area (Å²) in [5.41, 5.74) is 1.16. The predicted molar refractivity (Wildman–Crippen MR) is 55.9 cm³/mol. The number of hydrogen-bond donors (Lipinski definition) is 2. The van der Waals surface area contributed by atoms with E-state index in [9.17, 15) is 0 Å². The molecule has 0 saturated carbocycles. The lowest BCUT2D eigenvalue weighted by Crippen LogP contribution is -2.41. The largest absolute Gasteiger partial charge is 0.472 e. The van der Waals surface area contributed by atoms with Gasteiger partial charge in [-0.2, -0.15) is 0 Å². The second kappa shape index (κ2) is 5.17. The third kappa shape index (κ3) is 3.16. The highest BCUT2D eigenvalue weighted by atomic mass is 16.3. The number of furan rings is 1. The van der Waals surface area contributed by atoms with Gasteiger partial charge in [-0.05, 0) is 25.8 Å². The van der Waals surface area contributed by atoms with Gasteiger partial charge in [0.15, 0.2) is 0 Å². The Morgan fingerprint density at radius 2 is 2.36 bits per heavy atom. The van der Waals surface area contributed by atoms with Crippen molar-refractivity contribution in [2.75, 3.05) is 6.61 Å². The van der Waals surface area contributed by atoms with Crippen LogP contribution in [-0.2, 0) is 6.54 Å². The molecule has 3 nitrogen and oxygen atoms in total. The molecule has 1 rings (SSSR count). The van der Waals surface area contributed by atoms with Crippen molar-refractivity contribution in [2.24, 2.45) is 0 Å². The Hall–Kier alpha value is -0.800. The fourth-order valence-electron chi connectivity index (χ4n) is 1.35. The zero-order valence-corrected chi connectivity index (χ0v) is 8.92. The van der Waals surface area contributed by atoms with Crippen LogP contribution in [0.5, 0.6) is 0 Å². The molecule has 1 aromatic rings. The molecule has 1 unspecified atom stereocenters. The first-order valence-electron chi connectivity index (χ1n) is 5.07. The molecule has 1 atom stereocenters. The maximum Gasteiger partial charge on any atom is 0.0947 e. The van der Waals surface area contributed by atoms with Crippen LogP contribution in [0, 0.1) is 0 Å². The van der Waals surface area contributed by atoms with Crippen LogP contribution in [0.15, 0.2) is 23.0 Å². The van der Waals surface area contributed by atoms with Gasteiger partial charge in [-0.1, -0.05) is 6.92 Å². The summed E-state index contributed by atoms with van der Waals surface area (Å²) in [4.78, 5) is 0. The topological polar surface area (TPSA) is 45.4 Å². The summed E-state index contributed by atoms with van der Waals surface area (Å²) >= 11 is 0. The van der Waals surface area contributed by atoms with Crippen LogP contribution in [0.2, 0.25) is 0 Å². The predicted octanol–water partition coefficient (Wildman–Crippen LogP) is 1.92. The Kier molecular flexibility index (Phi) is 4.17. The van der Waals surface area contributed by atoms with Crippen LogP contribution in [-0.4, -0.2) is 17.3 Å². The molecule has 0 fully saturated rings. The van der Waals surface area contributed by atoms with Crippen molar-refractivity contribution < 1.29 is 9.52 Å². The third-order valence-electron chi connectivity index (χ3n) is 2.74. The van der Waals surface area contributed by atoms with E-state index >= 15 is 0 Å². The lowest BCUT2D eigenvalue weighted by molar-refractivity contribution is 0.214. The van der Waals surface area contributed by atoms with Gasteiger partial charge < -0.3 is 14.8 Å². The van der Waals surface area contributed by atoms with Crippen molar-refractivity contribution in [3.05, 3.63) is 24.2 Å². The molecule has 0 aliphatic carbocycles. The van der Waals surface area contributed by atoms with Crippen LogP contribution < -0.4 is 5.32 Å². The van der Waals surface area contributed by atoms with Crippen LogP contribution in [0.3, 0.4) is 0 Å². The SMILES string of the molecule is CCC(C)(CCO)NCc1ccoc1. The summed E-state index contributed by atoms with van der Waals surface area (Å²) in [5, 5.41) is 12.4. The molecule has 0 amide bonds. The molecule has 0 aromatic carbocycles. The van der Waals surface area contributed by atoms with E-state index in [0.717, 1.165) is 24.9 Å². The van der Waals surface area contributed by atoms with Crippen LogP contribution in [0.4, 0.5) is 0 Å². The average molecular weight is 197 g/mol. The van der Waals surface area contributed by atoms with E-state index < -0.39 is 0 Å². The van der Waals surface area contributed by atoms with Crippen LogP contribution in [0.1, 0.15) is 32.3 Å². The molecular formula is C11H19NO2. The molecule has 0 radical (unpaired) electrons. The van der Waals surface area contributed by atoms with Gasteiger partial charge in [-0.15, -0.1) is 0 Å². The Morgan fingerprint density at radius 3 is 2.86 bits per heavy atom.